The van der Waals surface area contributed by atoms with Crippen molar-refractivity contribution < 1.29 is 9.53 Å². The van der Waals surface area contributed by atoms with Gasteiger partial charge in [-0.15, -0.1) is 0 Å². The van der Waals surface area contributed by atoms with Crippen molar-refractivity contribution in [1.29, 1.82) is 0 Å². The lowest BCUT2D eigenvalue weighted by Crippen LogP contribution is -2.33. The molecule has 1 aliphatic heterocycles. The molecule has 3 rings (SSSR count). The first-order valence-electron chi connectivity index (χ1n) is 8.57. The number of hydrogen-bond donors (Lipinski definition) is 1. The molecule has 2 aromatic rings. The average Bonchev–Trinajstić information content (AvgIpc) is 3.03. The Morgan fingerprint density at radius 2 is 2.04 bits per heavy atom. The fourth-order valence-electron chi connectivity index (χ4n) is 3.25. The van der Waals surface area contributed by atoms with Gasteiger partial charge in [-0.1, -0.05) is 26.0 Å². The SMILES string of the molecule is CC(C)[C@@H](C(=O)NCCc1ccc2c(c1)CCO2)c1ccncc1. The lowest BCUT2D eigenvalue weighted by molar-refractivity contribution is -0.123. The van der Waals surface area contributed by atoms with E-state index >= 15 is 0 Å². The highest BCUT2D eigenvalue weighted by atomic mass is 16.5. The first-order chi connectivity index (χ1) is 11.6. The number of nitrogens with one attached hydrogen (secondary N) is 1. The van der Waals surface area contributed by atoms with Crippen LogP contribution in [0.2, 0.25) is 0 Å². The predicted octanol–water partition coefficient (Wildman–Crippen LogP) is 3.12. The van der Waals surface area contributed by atoms with E-state index in [1.54, 1.807) is 12.4 Å². The van der Waals surface area contributed by atoms with Gasteiger partial charge in [0.15, 0.2) is 0 Å². The van der Waals surface area contributed by atoms with E-state index in [9.17, 15) is 4.79 Å². The van der Waals surface area contributed by atoms with Crippen molar-refractivity contribution in [2.75, 3.05) is 13.2 Å². The minimum atomic E-state index is -0.138. The summed E-state index contributed by atoms with van der Waals surface area (Å²) in [6, 6.07) is 10.2. The number of ether oxygens (including phenoxy) is 1. The van der Waals surface area contributed by atoms with E-state index in [0.717, 1.165) is 30.8 Å². The van der Waals surface area contributed by atoms with Crippen LogP contribution in [0.25, 0.3) is 0 Å². The molecule has 0 unspecified atom stereocenters. The summed E-state index contributed by atoms with van der Waals surface area (Å²) in [5.41, 5.74) is 3.53. The Morgan fingerprint density at radius 1 is 1.25 bits per heavy atom. The Kier molecular flexibility index (Phi) is 5.14. The molecule has 4 nitrogen and oxygen atoms in total. The van der Waals surface area contributed by atoms with Gasteiger partial charge in [0.2, 0.25) is 5.91 Å². The molecule has 0 spiro atoms. The molecule has 1 N–H and O–H groups in total. The molecule has 24 heavy (non-hydrogen) atoms. The predicted molar refractivity (Wildman–Crippen MR) is 94.2 cm³/mol. The standard InChI is InChI=1S/C20H24N2O2/c1-14(2)19(16-6-9-21-10-7-16)20(23)22-11-5-15-3-4-18-17(13-15)8-12-24-18/h3-4,6-7,9-10,13-14,19H,5,8,11-12H2,1-2H3,(H,22,23)/t19-/m1/s1. The van der Waals surface area contributed by atoms with Gasteiger partial charge in [-0.25, -0.2) is 0 Å². The second kappa shape index (κ2) is 7.47. The molecular formula is C20H24N2O2. The number of nitrogens with zero attached hydrogens (tertiary/aromatic N) is 1. The van der Waals surface area contributed by atoms with Gasteiger partial charge in [-0.3, -0.25) is 9.78 Å². The Labute approximate surface area is 143 Å². The van der Waals surface area contributed by atoms with Crippen LogP contribution in [-0.2, 0) is 17.6 Å². The summed E-state index contributed by atoms with van der Waals surface area (Å²) in [7, 11) is 0. The van der Waals surface area contributed by atoms with Crippen LogP contribution in [0.5, 0.6) is 5.75 Å². The summed E-state index contributed by atoms with van der Waals surface area (Å²) in [6.07, 6.45) is 5.29. The van der Waals surface area contributed by atoms with Crippen molar-refractivity contribution in [3.05, 3.63) is 59.4 Å². The molecule has 0 bridgehead atoms. The largest absolute Gasteiger partial charge is 0.493 e. The zero-order valence-electron chi connectivity index (χ0n) is 14.3. The maximum atomic E-state index is 12.6. The third-order valence-electron chi connectivity index (χ3n) is 4.48. The van der Waals surface area contributed by atoms with Gasteiger partial charge in [0.1, 0.15) is 5.75 Å². The molecule has 0 radical (unpaired) electrons. The van der Waals surface area contributed by atoms with Gasteiger partial charge in [0.05, 0.1) is 12.5 Å². The van der Waals surface area contributed by atoms with E-state index in [1.807, 2.05) is 18.2 Å². The van der Waals surface area contributed by atoms with Gasteiger partial charge in [0.25, 0.3) is 0 Å². The van der Waals surface area contributed by atoms with E-state index < -0.39 is 0 Å². The van der Waals surface area contributed by atoms with Crippen molar-refractivity contribution >= 4 is 5.91 Å². The second-order valence-corrected chi connectivity index (χ2v) is 6.58. The molecule has 1 aromatic heterocycles. The van der Waals surface area contributed by atoms with Crippen LogP contribution in [0.4, 0.5) is 0 Å². The number of pyridine rings is 1. The zero-order chi connectivity index (χ0) is 16.9. The van der Waals surface area contributed by atoms with Crippen LogP contribution in [0, 0.1) is 5.92 Å². The van der Waals surface area contributed by atoms with Gasteiger partial charge in [-0.05, 0) is 47.2 Å². The van der Waals surface area contributed by atoms with E-state index in [0.29, 0.717) is 6.54 Å². The maximum Gasteiger partial charge on any atom is 0.227 e. The summed E-state index contributed by atoms with van der Waals surface area (Å²) in [4.78, 5) is 16.6. The molecule has 126 valence electrons. The monoisotopic (exact) mass is 324 g/mol. The molecule has 0 fully saturated rings. The summed E-state index contributed by atoms with van der Waals surface area (Å²) >= 11 is 0. The maximum absolute atomic E-state index is 12.6. The van der Waals surface area contributed by atoms with Crippen molar-refractivity contribution in [1.82, 2.24) is 10.3 Å². The highest BCUT2D eigenvalue weighted by Crippen LogP contribution is 2.26. The van der Waals surface area contributed by atoms with Gasteiger partial charge < -0.3 is 10.1 Å². The molecule has 2 heterocycles. The molecule has 0 saturated carbocycles. The van der Waals surface area contributed by atoms with Gasteiger partial charge >= 0.3 is 0 Å². The molecule has 1 aliphatic rings. The van der Waals surface area contributed by atoms with E-state index in [2.05, 4.69) is 36.3 Å². The van der Waals surface area contributed by atoms with Gasteiger partial charge in [0, 0.05) is 25.4 Å². The van der Waals surface area contributed by atoms with Crippen molar-refractivity contribution in [2.45, 2.75) is 32.6 Å². The van der Waals surface area contributed by atoms with Crippen LogP contribution in [-0.4, -0.2) is 24.0 Å². The van der Waals surface area contributed by atoms with Crippen molar-refractivity contribution in [2.24, 2.45) is 5.92 Å². The van der Waals surface area contributed by atoms with Crippen molar-refractivity contribution in [3.8, 4) is 5.75 Å². The normalized spacial score (nSPS) is 14.1. The quantitative estimate of drug-likeness (QED) is 0.888. The highest BCUT2D eigenvalue weighted by Gasteiger charge is 2.23. The second-order valence-electron chi connectivity index (χ2n) is 6.58. The minimum absolute atomic E-state index is 0.0840. The minimum Gasteiger partial charge on any atom is -0.493 e. The zero-order valence-corrected chi connectivity index (χ0v) is 14.3. The number of carbonyl (C=O) groups is 1. The van der Waals surface area contributed by atoms with Crippen LogP contribution in [0.15, 0.2) is 42.7 Å². The third-order valence-corrected chi connectivity index (χ3v) is 4.48. The van der Waals surface area contributed by atoms with Crippen LogP contribution in [0.3, 0.4) is 0 Å². The smallest absolute Gasteiger partial charge is 0.227 e. The number of amides is 1. The number of benzene rings is 1. The Morgan fingerprint density at radius 3 is 2.79 bits per heavy atom. The number of carbonyl (C=O) groups excluding carboxylic acids is 1. The fourth-order valence-corrected chi connectivity index (χ4v) is 3.25. The lowest BCUT2D eigenvalue weighted by Gasteiger charge is -2.20. The molecule has 4 heteroatoms. The van der Waals surface area contributed by atoms with Crippen LogP contribution >= 0.6 is 0 Å². The van der Waals surface area contributed by atoms with Crippen LogP contribution < -0.4 is 10.1 Å². The summed E-state index contributed by atoms with van der Waals surface area (Å²) in [5.74, 6) is 1.19. The Hall–Kier alpha value is -2.36. The molecule has 1 atom stereocenters. The highest BCUT2D eigenvalue weighted by molar-refractivity contribution is 5.83. The molecule has 1 aromatic carbocycles. The topological polar surface area (TPSA) is 51.2 Å². The number of rotatable bonds is 6. The Bertz CT molecular complexity index is 698. The summed E-state index contributed by atoms with van der Waals surface area (Å²) in [6.45, 7) is 5.57. The summed E-state index contributed by atoms with van der Waals surface area (Å²) < 4.78 is 5.53. The van der Waals surface area contributed by atoms with E-state index in [-0.39, 0.29) is 17.7 Å². The number of fused-ring (bicyclic) bond motifs is 1. The first kappa shape index (κ1) is 16.5. The summed E-state index contributed by atoms with van der Waals surface area (Å²) in [5, 5.41) is 3.09. The fraction of sp³-hybridized carbons (Fsp3) is 0.400. The van der Waals surface area contributed by atoms with E-state index in [4.69, 9.17) is 4.74 Å². The number of aromatic nitrogens is 1. The molecular weight excluding hydrogens is 300 g/mol. The van der Waals surface area contributed by atoms with E-state index in [1.165, 1.54) is 11.1 Å². The molecule has 0 aliphatic carbocycles. The average molecular weight is 324 g/mol. The first-order valence-corrected chi connectivity index (χ1v) is 8.57. The number of hydrogen-bond acceptors (Lipinski definition) is 3. The Balaban J connectivity index is 1.58. The lowest BCUT2D eigenvalue weighted by atomic mass is 9.88. The van der Waals surface area contributed by atoms with Crippen LogP contribution in [0.1, 0.15) is 36.5 Å². The molecule has 1 amide bonds. The van der Waals surface area contributed by atoms with Gasteiger partial charge in [-0.2, -0.15) is 0 Å². The third kappa shape index (κ3) is 3.75. The molecule has 0 saturated heterocycles. The van der Waals surface area contributed by atoms with Crippen molar-refractivity contribution in [3.63, 3.8) is 0 Å².